The van der Waals surface area contributed by atoms with Crippen molar-refractivity contribution in [3.63, 3.8) is 0 Å². The Morgan fingerprint density at radius 2 is 1.81 bits per heavy atom. The molecule has 0 atom stereocenters. The van der Waals surface area contributed by atoms with Crippen molar-refractivity contribution in [3.8, 4) is 16.2 Å². The van der Waals surface area contributed by atoms with Crippen LogP contribution in [0.2, 0.25) is 0 Å². The average molecular weight is 373 g/mol. The molecule has 0 bridgehead atoms. The first-order valence-corrected chi connectivity index (χ1v) is 8.36. The molecule has 3 nitrogen and oxygen atoms in total. The summed E-state index contributed by atoms with van der Waals surface area (Å²) in [6, 6.07) is 11.3. The summed E-state index contributed by atoms with van der Waals surface area (Å²) in [5, 5.41) is 10.3. The van der Waals surface area contributed by atoms with Gasteiger partial charge in [-0.25, -0.2) is 8.78 Å². The fourth-order valence-corrected chi connectivity index (χ4v) is 3.66. The molecular formula is C19H10F3NO2S. The van der Waals surface area contributed by atoms with E-state index < -0.39 is 34.5 Å². The van der Waals surface area contributed by atoms with Crippen molar-refractivity contribution >= 4 is 28.0 Å². The minimum Gasteiger partial charge on any atom is -0.503 e. The quantitative estimate of drug-likeness (QED) is 0.381. The number of hydrogen-bond donors (Lipinski definition) is 2. The summed E-state index contributed by atoms with van der Waals surface area (Å²) in [5.41, 5.74) is 1.08. The SMILES string of the molecule is O=C(c1ccc(-c2ccc3cc[nH]c3c2)s1)c1cc(F)c(F)c(O)c1F. The van der Waals surface area contributed by atoms with Crippen LogP contribution in [0, 0.1) is 17.5 Å². The Morgan fingerprint density at radius 1 is 1.00 bits per heavy atom. The second-order valence-corrected chi connectivity index (χ2v) is 6.74. The number of phenols is 1. The first kappa shape index (κ1) is 16.4. The Morgan fingerprint density at radius 3 is 2.62 bits per heavy atom. The van der Waals surface area contributed by atoms with Crippen LogP contribution < -0.4 is 0 Å². The van der Waals surface area contributed by atoms with Gasteiger partial charge in [0.1, 0.15) is 0 Å². The van der Waals surface area contributed by atoms with E-state index in [1.807, 2.05) is 30.5 Å². The van der Waals surface area contributed by atoms with E-state index in [1.165, 1.54) is 6.07 Å². The molecule has 26 heavy (non-hydrogen) atoms. The Bertz CT molecular complexity index is 1160. The molecule has 0 aliphatic rings. The van der Waals surface area contributed by atoms with Gasteiger partial charge < -0.3 is 10.1 Å². The number of halogens is 3. The standard InChI is InChI=1S/C19H10F3NO2S/c20-12-8-11(16(21)19(25)17(12)22)18(24)15-4-3-14(26-15)10-2-1-9-5-6-23-13(9)7-10/h1-8,23,25H. The van der Waals surface area contributed by atoms with Crippen molar-refractivity contribution in [1.82, 2.24) is 4.98 Å². The lowest BCUT2D eigenvalue weighted by atomic mass is 10.1. The second-order valence-electron chi connectivity index (χ2n) is 5.66. The van der Waals surface area contributed by atoms with E-state index in [9.17, 15) is 23.1 Å². The molecule has 0 aliphatic heterocycles. The largest absolute Gasteiger partial charge is 0.503 e. The number of fused-ring (bicyclic) bond motifs is 1. The van der Waals surface area contributed by atoms with Gasteiger partial charge >= 0.3 is 0 Å². The van der Waals surface area contributed by atoms with Crippen LogP contribution in [0.15, 0.2) is 48.7 Å². The van der Waals surface area contributed by atoms with Crippen molar-refractivity contribution in [2.24, 2.45) is 0 Å². The Kier molecular flexibility index (Phi) is 3.81. The van der Waals surface area contributed by atoms with Gasteiger partial charge in [0.05, 0.1) is 10.4 Å². The molecule has 4 aromatic rings. The highest BCUT2D eigenvalue weighted by Gasteiger charge is 2.24. The summed E-state index contributed by atoms with van der Waals surface area (Å²) in [4.78, 5) is 16.5. The fourth-order valence-electron chi connectivity index (χ4n) is 2.70. The Hall–Kier alpha value is -3.06. The average Bonchev–Trinajstić information content (AvgIpc) is 3.30. The van der Waals surface area contributed by atoms with Crippen LogP contribution in [-0.4, -0.2) is 15.9 Å². The Balaban J connectivity index is 1.73. The van der Waals surface area contributed by atoms with Crippen molar-refractivity contribution in [1.29, 1.82) is 0 Å². The lowest BCUT2D eigenvalue weighted by Crippen LogP contribution is -2.05. The molecule has 0 fully saturated rings. The third kappa shape index (κ3) is 2.57. The van der Waals surface area contributed by atoms with Crippen LogP contribution in [-0.2, 0) is 0 Å². The molecule has 2 heterocycles. The predicted molar refractivity (Wildman–Crippen MR) is 93.0 cm³/mol. The van der Waals surface area contributed by atoms with Gasteiger partial charge in [-0.3, -0.25) is 4.79 Å². The fraction of sp³-hybridized carbons (Fsp3) is 0. The highest BCUT2D eigenvalue weighted by molar-refractivity contribution is 7.17. The number of aromatic nitrogens is 1. The van der Waals surface area contributed by atoms with Crippen molar-refractivity contribution in [2.45, 2.75) is 0 Å². The molecular weight excluding hydrogens is 363 g/mol. The molecule has 0 amide bonds. The van der Waals surface area contributed by atoms with E-state index in [0.717, 1.165) is 32.7 Å². The van der Waals surface area contributed by atoms with E-state index in [1.54, 1.807) is 6.07 Å². The van der Waals surface area contributed by atoms with Gasteiger partial charge in [-0.15, -0.1) is 11.3 Å². The molecule has 0 aliphatic carbocycles. The van der Waals surface area contributed by atoms with Gasteiger partial charge in [0.15, 0.2) is 17.4 Å². The van der Waals surface area contributed by atoms with E-state index in [0.29, 0.717) is 6.07 Å². The smallest absolute Gasteiger partial charge is 0.206 e. The number of carbonyl (C=O) groups is 1. The number of nitrogens with one attached hydrogen (secondary N) is 1. The number of aromatic hydroxyl groups is 1. The van der Waals surface area contributed by atoms with Crippen LogP contribution in [0.5, 0.6) is 5.75 Å². The molecule has 0 spiro atoms. The maximum absolute atomic E-state index is 14.0. The number of benzene rings is 2. The second kappa shape index (κ2) is 6.03. The molecule has 0 unspecified atom stereocenters. The number of rotatable bonds is 3. The van der Waals surface area contributed by atoms with Crippen LogP contribution in [0.25, 0.3) is 21.3 Å². The van der Waals surface area contributed by atoms with Gasteiger partial charge in [0.25, 0.3) is 0 Å². The minimum atomic E-state index is -1.72. The molecule has 0 radical (unpaired) electrons. The highest BCUT2D eigenvalue weighted by Crippen LogP contribution is 2.33. The van der Waals surface area contributed by atoms with E-state index in [4.69, 9.17) is 0 Å². The maximum atomic E-state index is 14.0. The third-order valence-corrected chi connectivity index (χ3v) is 5.18. The van der Waals surface area contributed by atoms with Crippen LogP contribution in [0.3, 0.4) is 0 Å². The first-order chi connectivity index (χ1) is 12.5. The van der Waals surface area contributed by atoms with E-state index >= 15 is 0 Å². The number of hydrogen-bond acceptors (Lipinski definition) is 3. The van der Waals surface area contributed by atoms with Crippen molar-refractivity contribution < 1.29 is 23.1 Å². The van der Waals surface area contributed by atoms with Crippen LogP contribution in [0.4, 0.5) is 13.2 Å². The summed E-state index contributed by atoms with van der Waals surface area (Å²) in [7, 11) is 0. The third-order valence-electron chi connectivity index (χ3n) is 4.05. The molecule has 0 saturated heterocycles. The summed E-state index contributed by atoms with van der Waals surface area (Å²) in [6.45, 7) is 0. The molecule has 2 N–H and O–H groups in total. The number of phenolic OH excluding ortho intramolecular Hbond substituents is 1. The molecule has 2 aromatic heterocycles. The Labute approximate surface area is 149 Å². The van der Waals surface area contributed by atoms with Gasteiger partial charge in [-0.1, -0.05) is 12.1 Å². The summed E-state index contributed by atoms with van der Waals surface area (Å²) < 4.78 is 40.6. The van der Waals surface area contributed by atoms with E-state index in [-0.39, 0.29) is 4.88 Å². The summed E-state index contributed by atoms with van der Waals surface area (Å²) >= 11 is 1.10. The summed E-state index contributed by atoms with van der Waals surface area (Å²) in [5.74, 6) is -7.00. The number of ketones is 1. The molecule has 4 rings (SSSR count). The van der Waals surface area contributed by atoms with E-state index in [2.05, 4.69) is 4.98 Å². The number of H-pyrrole nitrogens is 1. The predicted octanol–water partition coefficient (Wildman–Crippen LogP) is 5.25. The van der Waals surface area contributed by atoms with Crippen molar-refractivity contribution in [2.75, 3.05) is 0 Å². The normalized spacial score (nSPS) is 11.2. The lowest BCUT2D eigenvalue weighted by molar-refractivity contribution is 0.103. The zero-order chi connectivity index (χ0) is 18.4. The van der Waals surface area contributed by atoms with Gasteiger partial charge in [0.2, 0.25) is 11.6 Å². The molecule has 0 saturated carbocycles. The number of carbonyl (C=O) groups excluding carboxylic acids is 1. The van der Waals surface area contributed by atoms with Gasteiger partial charge in [0, 0.05) is 16.6 Å². The minimum absolute atomic E-state index is 0.149. The van der Waals surface area contributed by atoms with Gasteiger partial charge in [-0.05, 0) is 41.3 Å². The van der Waals surface area contributed by atoms with Crippen LogP contribution >= 0.6 is 11.3 Å². The van der Waals surface area contributed by atoms with Gasteiger partial charge in [-0.2, -0.15) is 4.39 Å². The zero-order valence-corrected chi connectivity index (χ0v) is 13.8. The number of aromatic amines is 1. The zero-order valence-electron chi connectivity index (χ0n) is 13.0. The molecule has 130 valence electrons. The van der Waals surface area contributed by atoms with Crippen molar-refractivity contribution in [3.05, 3.63) is 76.6 Å². The molecule has 7 heteroatoms. The monoisotopic (exact) mass is 373 g/mol. The molecule has 2 aromatic carbocycles. The van der Waals surface area contributed by atoms with Crippen LogP contribution in [0.1, 0.15) is 15.2 Å². The summed E-state index contributed by atoms with van der Waals surface area (Å²) in [6.07, 6.45) is 1.82. The number of thiophene rings is 1. The highest BCUT2D eigenvalue weighted by atomic mass is 32.1. The topological polar surface area (TPSA) is 53.1 Å². The first-order valence-electron chi connectivity index (χ1n) is 7.54. The lowest BCUT2D eigenvalue weighted by Gasteiger charge is -2.05. The maximum Gasteiger partial charge on any atom is 0.206 e.